The van der Waals surface area contributed by atoms with Gasteiger partial charge in [0.25, 0.3) is 5.91 Å². The SMILES string of the molecule is Cc1nc(NC(=O)CN2C(=O)N[C@]3(C[C@@H](C)CC(C)(C)C3)C2=O)c(Cl)cc1Cl. The highest BCUT2D eigenvalue weighted by molar-refractivity contribution is 6.36. The molecule has 152 valence electrons. The van der Waals surface area contributed by atoms with Gasteiger partial charge in [-0.05, 0) is 43.6 Å². The minimum atomic E-state index is -0.939. The van der Waals surface area contributed by atoms with Crippen LogP contribution in [-0.2, 0) is 9.59 Å². The fourth-order valence-electron chi connectivity index (χ4n) is 4.61. The molecule has 1 saturated carbocycles. The van der Waals surface area contributed by atoms with Crippen molar-refractivity contribution in [3.8, 4) is 0 Å². The van der Waals surface area contributed by atoms with E-state index in [1.54, 1.807) is 6.92 Å². The molecular weight excluding hydrogens is 403 g/mol. The Balaban J connectivity index is 1.74. The van der Waals surface area contributed by atoms with Crippen LogP contribution in [0.3, 0.4) is 0 Å². The standard InChI is InChI=1S/C19H24Cl2N4O3/c1-10-6-18(3,4)9-19(7-10)16(27)25(17(28)24-19)8-14(26)23-15-13(21)5-12(20)11(2)22-15/h5,10H,6-9H2,1-4H3,(H,24,28)(H,22,23,26)/t10-,19-/m0/s1. The third-order valence-corrected chi connectivity index (χ3v) is 5.96. The fourth-order valence-corrected chi connectivity index (χ4v) is 5.02. The quantitative estimate of drug-likeness (QED) is 0.719. The van der Waals surface area contributed by atoms with Gasteiger partial charge in [0.1, 0.15) is 12.1 Å². The monoisotopic (exact) mass is 426 g/mol. The van der Waals surface area contributed by atoms with Crippen molar-refractivity contribution in [2.24, 2.45) is 11.3 Å². The number of aryl methyl sites for hydroxylation is 1. The molecule has 28 heavy (non-hydrogen) atoms. The lowest BCUT2D eigenvalue weighted by Crippen LogP contribution is -2.54. The maximum absolute atomic E-state index is 13.1. The van der Waals surface area contributed by atoms with E-state index >= 15 is 0 Å². The highest BCUT2D eigenvalue weighted by Crippen LogP contribution is 2.46. The second-order valence-corrected chi connectivity index (χ2v) is 9.51. The summed E-state index contributed by atoms with van der Waals surface area (Å²) in [5, 5.41) is 5.96. The Hall–Kier alpha value is -1.86. The minimum Gasteiger partial charge on any atom is -0.323 e. The van der Waals surface area contributed by atoms with Crippen LogP contribution in [0.25, 0.3) is 0 Å². The van der Waals surface area contributed by atoms with Gasteiger partial charge in [0.2, 0.25) is 5.91 Å². The molecule has 4 amide bonds. The van der Waals surface area contributed by atoms with E-state index < -0.39 is 24.0 Å². The first-order valence-electron chi connectivity index (χ1n) is 9.19. The van der Waals surface area contributed by atoms with Crippen LogP contribution in [0.5, 0.6) is 0 Å². The van der Waals surface area contributed by atoms with Crippen LogP contribution in [0, 0.1) is 18.3 Å². The predicted molar refractivity (Wildman–Crippen MR) is 107 cm³/mol. The normalized spacial score (nSPS) is 26.5. The first kappa shape index (κ1) is 20.9. The number of anilines is 1. The Bertz CT molecular complexity index is 858. The number of hydrogen-bond donors (Lipinski definition) is 2. The molecule has 9 heteroatoms. The van der Waals surface area contributed by atoms with Gasteiger partial charge < -0.3 is 10.6 Å². The number of pyridine rings is 1. The van der Waals surface area contributed by atoms with Crippen LogP contribution in [0.4, 0.5) is 10.6 Å². The molecule has 1 saturated heterocycles. The third-order valence-electron chi connectivity index (χ3n) is 5.29. The summed E-state index contributed by atoms with van der Waals surface area (Å²) in [6, 6.07) is 0.936. The maximum Gasteiger partial charge on any atom is 0.325 e. The molecule has 0 radical (unpaired) electrons. The lowest BCUT2D eigenvalue weighted by Gasteiger charge is -2.43. The van der Waals surface area contributed by atoms with Crippen molar-refractivity contribution in [2.75, 3.05) is 11.9 Å². The van der Waals surface area contributed by atoms with Crippen molar-refractivity contribution in [1.82, 2.24) is 15.2 Å². The van der Waals surface area contributed by atoms with Gasteiger partial charge in [-0.1, -0.05) is 44.0 Å². The van der Waals surface area contributed by atoms with E-state index in [4.69, 9.17) is 23.2 Å². The van der Waals surface area contributed by atoms with Gasteiger partial charge in [-0.2, -0.15) is 0 Å². The lowest BCUT2D eigenvalue weighted by molar-refractivity contribution is -0.136. The summed E-state index contributed by atoms with van der Waals surface area (Å²) < 4.78 is 0. The molecule has 1 aromatic heterocycles. The summed E-state index contributed by atoms with van der Waals surface area (Å²) in [5.74, 6) is -0.469. The number of carbonyl (C=O) groups is 3. The molecular formula is C19H24Cl2N4O3. The Morgan fingerprint density at radius 1 is 1.32 bits per heavy atom. The number of nitrogens with one attached hydrogen (secondary N) is 2. The number of aromatic nitrogens is 1. The molecule has 3 rings (SSSR count). The minimum absolute atomic E-state index is 0.0723. The largest absolute Gasteiger partial charge is 0.325 e. The number of amides is 4. The van der Waals surface area contributed by atoms with Gasteiger partial charge in [-0.3, -0.25) is 14.5 Å². The Morgan fingerprint density at radius 3 is 2.64 bits per heavy atom. The van der Waals surface area contributed by atoms with Gasteiger partial charge >= 0.3 is 6.03 Å². The molecule has 1 spiro atoms. The van der Waals surface area contributed by atoms with Crippen molar-refractivity contribution in [1.29, 1.82) is 0 Å². The van der Waals surface area contributed by atoms with Gasteiger partial charge in [-0.25, -0.2) is 9.78 Å². The molecule has 1 aliphatic heterocycles. The molecule has 1 aliphatic carbocycles. The fraction of sp³-hybridized carbons (Fsp3) is 0.579. The number of rotatable bonds is 3. The molecule has 7 nitrogen and oxygen atoms in total. The summed E-state index contributed by atoms with van der Waals surface area (Å²) in [7, 11) is 0. The molecule has 1 aromatic rings. The van der Waals surface area contributed by atoms with E-state index in [2.05, 4.69) is 36.4 Å². The zero-order valence-electron chi connectivity index (χ0n) is 16.4. The van der Waals surface area contributed by atoms with E-state index in [0.29, 0.717) is 29.5 Å². The summed E-state index contributed by atoms with van der Waals surface area (Å²) in [4.78, 5) is 43.1. The van der Waals surface area contributed by atoms with Crippen LogP contribution in [0.2, 0.25) is 10.0 Å². The van der Waals surface area contributed by atoms with Crippen LogP contribution in [0.1, 0.15) is 45.7 Å². The van der Waals surface area contributed by atoms with E-state index in [1.807, 2.05) is 0 Å². The number of urea groups is 1. The molecule has 2 N–H and O–H groups in total. The molecule has 2 heterocycles. The summed E-state index contributed by atoms with van der Waals surface area (Å²) in [6.45, 7) is 7.54. The Kier molecular flexibility index (Phi) is 5.36. The summed E-state index contributed by atoms with van der Waals surface area (Å²) >= 11 is 12.0. The Labute approximate surface area is 174 Å². The van der Waals surface area contributed by atoms with Gasteiger partial charge in [0.05, 0.1) is 15.7 Å². The molecule has 0 unspecified atom stereocenters. The van der Waals surface area contributed by atoms with E-state index in [9.17, 15) is 14.4 Å². The second-order valence-electron chi connectivity index (χ2n) is 8.69. The van der Waals surface area contributed by atoms with Gasteiger partial charge in [0, 0.05) is 0 Å². The number of nitrogens with zero attached hydrogens (tertiary/aromatic N) is 2. The average molecular weight is 427 g/mol. The second kappa shape index (κ2) is 7.19. The van der Waals surface area contributed by atoms with E-state index in [-0.39, 0.29) is 22.2 Å². The third kappa shape index (κ3) is 3.96. The zero-order valence-corrected chi connectivity index (χ0v) is 17.9. The van der Waals surface area contributed by atoms with Crippen LogP contribution >= 0.6 is 23.2 Å². The van der Waals surface area contributed by atoms with Crippen molar-refractivity contribution < 1.29 is 14.4 Å². The first-order chi connectivity index (χ1) is 12.9. The van der Waals surface area contributed by atoms with Crippen LogP contribution in [-0.4, -0.2) is 39.8 Å². The van der Waals surface area contributed by atoms with Gasteiger partial charge in [0.15, 0.2) is 5.82 Å². The van der Waals surface area contributed by atoms with Crippen LogP contribution < -0.4 is 10.6 Å². The van der Waals surface area contributed by atoms with E-state index in [1.165, 1.54) is 6.07 Å². The molecule has 0 aromatic carbocycles. The van der Waals surface area contributed by atoms with Crippen molar-refractivity contribution >= 4 is 46.9 Å². The van der Waals surface area contributed by atoms with Crippen molar-refractivity contribution in [3.63, 3.8) is 0 Å². The first-order valence-corrected chi connectivity index (χ1v) is 9.95. The van der Waals surface area contributed by atoms with Crippen molar-refractivity contribution in [2.45, 2.75) is 52.5 Å². The molecule has 0 bridgehead atoms. The Morgan fingerprint density at radius 2 is 2.00 bits per heavy atom. The number of imide groups is 1. The topological polar surface area (TPSA) is 91.4 Å². The van der Waals surface area contributed by atoms with Crippen molar-refractivity contribution in [3.05, 3.63) is 21.8 Å². The smallest absolute Gasteiger partial charge is 0.323 e. The lowest BCUT2D eigenvalue weighted by atomic mass is 9.64. The highest BCUT2D eigenvalue weighted by atomic mass is 35.5. The number of carbonyl (C=O) groups excluding carboxylic acids is 3. The molecule has 2 atom stereocenters. The highest BCUT2D eigenvalue weighted by Gasteiger charge is 2.56. The summed E-state index contributed by atoms with van der Waals surface area (Å²) in [6.07, 6.45) is 2.11. The molecule has 2 aliphatic rings. The summed E-state index contributed by atoms with van der Waals surface area (Å²) in [5.41, 5.74) is -0.503. The average Bonchev–Trinajstić information content (AvgIpc) is 2.74. The maximum atomic E-state index is 13.1. The zero-order chi connectivity index (χ0) is 20.9. The molecule has 2 fully saturated rings. The van der Waals surface area contributed by atoms with Gasteiger partial charge in [-0.15, -0.1) is 0 Å². The number of halogens is 2. The van der Waals surface area contributed by atoms with E-state index in [0.717, 1.165) is 11.3 Å². The number of hydrogen-bond acceptors (Lipinski definition) is 4. The predicted octanol–water partition coefficient (Wildman–Crippen LogP) is 3.77. The van der Waals surface area contributed by atoms with Crippen LogP contribution in [0.15, 0.2) is 6.07 Å².